The smallest absolute Gasteiger partial charge is 0.0489 e. The van der Waals surface area contributed by atoms with Crippen molar-refractivity contribution in [3.05, 3.63) is 168 Å². The molecule has 2 heteroatoms. The number of aromatic nitrogens is 2. The van der Waals surface area contributed by atoms with Crippen molar-refractivity contribution in [1.29, 1.82) is 0 Å². The highest BCUT2D eigenvalue weighted by molar-refractivity contribution is 6.14. The first-order chi connectivity index (χ1) is 27.1. The maximum Gasteiger partial charge on any atom is 0.0489 e. The van der Waals surface area contributed by atoms with Crippen LogP contribution in [0.2, 0.25) is 0 Å². The van der Waals surface area contributed by atoms with E-state index in [2.05, 4.69) is 197 Å². The number of para-hydroxylation sites is 2. The molecule has 10 aromatic rings. The van der Waals surface area contributed by atoms with Crippen molar-refractivity contribution in [2.24, 2.45) is 14.1 Å². The normalized spacial score (nSPS) is 14.9. The largest absolute Gasteiger partial charge is 0.344 e. The minimum Gasteiger partial charge on any atom is -0.344 e. The van der Waals surface area contributed by atoms with Crippen molar-refractivity contribution in [1.82, 2.24) is 9.13 Å². The molecule has 2 aliphatic carbocycles. The average Bonchev–Trinajstić information content (AvgIpc) is 3.77. The first-order valence-electron chi connectivity index (χ1n) is 20.0. The van der Waals surface area contributed by atoms with Crippen molar-refractivity contribution in [2.45, 2.75) is 38.5 Å². The Labute approximate surface area is 327 Å². The predicted octanol–water partition coefficient (Wildman–Crippen LogP) is 14.1. The van der Waals surface area contributed by atoms with Gasteiger partial charge in [0.15, 0.2) is 0 Å². The maximum absolute atomic E-state index is 2.55. The summed E-state index contributed by atoms with van der Waals surface area (Å²) in [7, 11) is 4.34. The first-order valence-corrected chi connectivity index (χ1v) is 20.0. The Hall–Kier alpha value is -6.38. The Morgan fingerprint density at radius 2 is 0.804 bits per heavy atom. The first kappa shape index (κ1) is 31.9. The lowest BCUT2D eigenvalue weighted by Gasteiger charge is -2.36. The van der Waals surface area contributed by atoms with Crippen LogP contribution >= 0.6 is 0 Å². The summed E-state index contributed by atoms with van der Waals surface area (Å²) in [5.41, 5.74) is 20.9. The van der Waals surface area contributed by atoms with Gasteiger partial charge in [-0.3, -0.25) is 0 Å². The molecule has 2 aliphatic rings. The maximum atomic E-state index is 2.55. The summed E-state index contributed by atoms with van der Waals surface area (Å²) in [5.74, 6) is 0. The van der Waals surface area contributed by atoms with Gasteiger partial charge in [-0.25, -0.2) is 0 Å². The molecule has 0 unspecified atom stereocenters. The van der Waals surface area contributed by atoms with Gasteiger partial charge >= 0.3 is 0 Å². The zero-order valence-corrected chi connectivity index (χ0v) is 32.8. The molecule has 56 heavy (non-hydrogen) atoms. The minimum absolute atomic E-state index is 0.161. The minimum atomic E-state index is -0.170. The third kappa shape index (κ3) is 3.96. The second kappa shape index (κ2) is 10.7. The van der Waals surface area contributed by atoms with Crippen molar-refractivity contribution >= 4 is 54.4 Å². The highest BCUT2D eigenvalue weighted by atomic mass is 14.9. The lowest BCUT2D eigenvalue weighted by molar-refractivity contribution is 0.644. The zero-order valence-electron chi connectivity index (χ0n) is 32.8. The zero-order chi connectivity index (χ0) is 37.8. The standard InChI is InChI=1S/C54H42N2/c1-53(2)43-15-11-14-39-51-38-23-19-34(32-21-25-50-41(27-32)37-13-8-10-17-48(37)56(50)6)29-45(38)54(3,4)46(51)30-42(52(39)43)35-22-18-33(28-44(35)53)31-20-24-49-40(26-31)36-12-7-9-16-47(36)55(49)5/h7-30H,1-6H3. The molecule has 2 nitrogen and oxygen atoms in total. The van der Waals surface area contributed by atoms with E-state index in [1.165, 1.54) is 121 Å². The monoisotopic (exact) mass is 718 g/mol. The van der Waals surface area contributed by atoms with E-state index in [1.54, 1.807) is 0 Å². The van der Waals surface area contributed by atoms with E-state index < -0.39 is 0 Å². The highest BCUT2D eigenvalue weighted by Gasteiger charge is 2.41. The van der Waals surface area contributed by atoms with E-state index in [0.717, 1.165) is 0 Å². The van der Waals surface area contributed by atoms with Crippen LogP contribution in [0.1, 0.15) is 49.9 Å². The van der Waals surface area contributed by atoms with Gasteiger partial charge in [0.05, 0.1) is 0 Å². The Morgan fingerprint density at radius 1 is 0.339 bits per heavy atom. The third-order valence-corrected chi connectivity index (χ3v) is 13.9. The molecule has 0 saturated heterocycles. The molecule has 0 spiro atoms. The molecule has 0 atom stereocenters. The Morgan fingerprint density at radius 3 is 1.41 bits per heavy atom. The van der Waals surface area contributed by atoms with Gasteiger partial charge in [0.1, 0.15) is 0 Å². The number of aryl methyl sites for hydroxylation is 2. The van der Waals surface area contributed by atoms with Crippen LogP contribution in [0.3, 0.4) is 0 Å². The molecule has 2 aromatic heterocycles. The van der Waals surface area contributed by atoms with Crippen LogP contribution in [0.25, 0.3) is 98.9 Å². The third-order valence-electron chi connectivity index (χ3n) is 13.9. The molecule has 0 amide bonds. The summed E-state index contributed by atoms with van der Waals surface area (Å²) in [5, 5.41) is 8.01. The van der Waals surface area contributed by atoms with Crippen LogP contribution in [0.4, 0.5) is 0 Å². The molecule has 0 bridgehead atoms. The molecular weight excluding hydrogens is 677 g/mol. The van der Waals surface area contributed by atoms with Gasteiger partial charge in [-0.15, -0.1) is 0 Å². The lowest BCUT2D eigenvalue weighted by Crippen LogP contribution is -2.24. The van der Waals surface area contributed by atoms with Crippen LogP contribution in [0, 0.1) is 0 Å². The highest BCUT2D eigenvalue weighted by Crippen LogP contribution is 2.58. The van der Waals surface area contributed by atoms with E-state index in [-0.39, 0.29) is 10.8 Å². The molecule has 8 aromatic carbocycles. The van der Waals surface area contributed by atoms with Crippen LogP contribution in [-0.4, -0.2) is 9.13 Å². The Kier molecular flexibility index (Phi) is 6.09. The van der Waals surface area contributed by atoms with Crippen LogP contribution in [-0.2, 0) is 24.9 Å². The average molecular weight is 719 g/mol. The van der Waals surface area contributed by atoms with Crippen LogP contribution in [0.5, 0.6) is 0 Å². The van der Waals surface area contributed by atoms with E-state index in [1.807, 2.05) is 0 Å². The summed E-state index contributed by atoms with van der Waals surface area (Å²) in [6.45, 7) is 9.70. The summed E-state index contributed by atoms with van der Waals surface area (Å²) in [4.78, 5) is 0. The number of hydrogen-bond acceptors (Lipinski definition) is 0. The topological polar surface area (TPSA) is 9.86 Å². The number of benzene rings is 8. The summed E-state index contributed by atoms with van der Waals surface area (Å²) in [6.07, 6.45) is 0. The molecule has 2 heterocycles. The molecule has 0 fully saturated rings. The van der Waals surface area contributed by atoms with Crippen LogP contribution in [0.15, 0.2) is 146 Å². The number of hydrogen-bond donors (Lipinski definition) is 0. The molecule has 0 aliphatic heterocycles. The molecule has 12 rings (SSSR count). The SMILES string of the molecule is Cn1c2ccccc2c2cc(-c3ccc4c(c3)C(C)(C)c3cc5c6c(cccc6c3-4)C(C)(C)c3cc(-c4ccc6c(c4)c4ccccc4n6C)ccc3-5)ccc21. The predicted molar refractivity (Wildman–Crippen MR) is 238 cm³/mol. The van der Waals surface area contributed by atoms with Crippen molar-refractivity contribution in [3.8, 4) is 44.5 Å². The van der Waals surface area contributed by atoms with Crippen LogP contribution < -0.4 is 0 Å². The second-order valence-corrected chi connectivity index (χ2v) is 17.5. The molecule has 0 radical (unpaired) electrons. The molecule has 268 valence electrons. The van der Waals surface area contributed by atoms with Gasteiger partial charge in [0.2, 0.25) is 0 Å². The fourth-order valence-corrected chi connectivity index (χ4v) is 10.9. The van der Waals surface area contributed by atoms with Gasteiger partial charge in [-0.2, -0.15) is 0 Å². The lowest BCUT2D eigenvalue weighted by atomic mass is 9.67. The Balaban J connectivity index is 1.02. The van der Waals surface area contributed by atoms with E-state index in [9.17, 15) is 0 Å². The van der Waals surface area contributed by atoms with Gasteiger partial charge < -0.3 is 9.13 Å². The van der Waals surface area contributed by atoms with E-state index in [4.69, 9.17) is 0 Å². The van der Waals surface area contributed by atoms with E-state index in [0.29, 0.717) is 0 Å². The number of nitrogens with zero attached hydrogens (tertiary/aromatic N) is 2. The fraction of sp³-hybridized carbons (Fsp3) is 0.148. The van der Waals surface area contributed by atoms with Gasteiger partial charge in [-0.05, 0) is 132 Å². The number of fused-ring (bicyclic) bond motifs is 12. The quantitative estimate of drug-likeness (QED) is 0.168. The van der Waals surface area contributed by atoms with Crippen molar-refractivity contribution in [2.75, 3.05) is 0 Å². The van der Waals surface area contributed by atoms with Crippen molar-refractivity contribution in [3.63, 3.8) is 0 Å². The second-order valence-electron chi connectivity index (χ2n) is 17.5. The fourth-order valence-electron chi connectivity index (χ4n) is 10.9. The van der Waals surface area contributed by atoms with Crippen molar-refractivity contribution < 1.29 is 0 Å². The Bertz CT molecular complexity index is 3380. The molecular formula is C54H42N2. The van der Waals surface area contributed by atoms with Gasteiger partial charge in [0, 0.05) is 68.5 Å². The summed E-state index contributed by atoms with van der Waals surface area (Å²) in [6, 6.07) is 55.6. The number of rotatable bonds is 2. The summed E-state index contributed by atoms with van der Waals surface area (Å²) >= 11 is 0. The summed E-state index contributed by atoms with van der Waals surface area (Å²) < 4.78 is 4.62. The van der Waals surface area contributed by atoms with E-state index >= 15 is 0 Å². The van der Waals surface area contributed by atoms with Gasteiger partial charge in [-0.1, -0.05) is 119 Å². The van der Waals surface area contributed by atoms with Gasteiger partial charge in [0.25, 0.3) is 0 Å². The molecule has 0 saturated carbocycles. The molecule has 0 N–H and O–H groups in total.